The summed E-state index contributed by atoms with van der Waals surface area (Å²) in [5.41, 5.74) is 1.14. The average molecular weight is 411 g/mol. The SMILES string of the molecule is CN(Cc1ccc(Br)s1)C(=O)c1ccn(-c2ccccc2Cl)n1. The fraction of sp³-hybridized carbons (Fsp3) is 0.125. The van der Waals surface area contributed by atoms with Gasteiger partial charge in [-0.1, -0.05) is 23.7 Å². The number of para-hydroxylation sites is 1. The molecule has 0 aliphatic heterocycles. The summed E-state index contributed by atoms with van der Waals surface area (Å²) in [6, 6.07) is 13.1. The normalized spacial score (nSPS) is 10.7. The predicted molar refractivity (Wildman–Crippen MR) is 96.4 cm³/mol. The molecule has 0 atom stereocenters. The lowest BCUT2D eigenvalue weighted by atomic mass is 10.3. The van der Waals surface area contributed by atoms with E-state index in [-0.39, 0.29) is 5.91 Å². The smallest absolute Gasteiger partial charge is 0.274 e. The van der Waals surface area contributed by atoms with Crippen molar-refractivity contribution in [2.24, 2.45) is 0 Å². The highest BCUT2D eigenvalue weighted by molar-refractivity contribution is 9.11. The van der Waals surface area contributed by atoms with Crippen LogP contribution in [0.4, 0.5) is 0 Å². The molecule has 23 heavy (non-hydrogen) atoms. The number of amides is 1. The van der Waals surface area contributed by atoms with Crippen molar-refractivity contribution >= 4 is 44.8 Å². The van der Waals surface area contributed by atoms with Crippen molar-refractivity contribution in [1.82, 2.24) is 14.7 Å². The summed E-state index contributed by atoms with van der Waals surface area (Å²) in [6.07, 6.45) is 1.74. The lowest BCUT2D eigenvalue weighted by Crippen LogP contribution is -2.26. The fourth-order valence-electron chi connectivity index (χ4n) is 2.15. The van der Waals surface area contributed by atoms with Crippen molar-refractivity contribution in [3.05, 3.63) is 68.0 Å². The highest BCUT2D eigenvalue weighted by Gasteiger charge is 2.16. The summed E-state index contributed by atoms with van der Waals surface area (Å²) >= 11 is 11.2. The van der Waals surface area contributed by atoms with Crippen LogP contribution in [-0.4, -0.2) is 27.6 Å². The Morgan fingerprint density at radius 3 is 2.78 bits per heavy atom. The van der Waals surface area contributed by atoms with E-state index in [1.165, 1.54) is 0 Å². The van der Waals surface area contributed by atoms with Gasteiger partial charge >= 0.3 is 0 Å². The molecular weight excluding hydrogens is 398 g/mol. The molecule has 3 rings (SSSR count). The van der Waals surface area contributed by atoms with E-state index in [4.69, 9.17) is 11.6 Å². The van der Waals surface area contributed by atoms with Gasteiger partial charge in [0, 0.05) is 18.1 Å². The fourth-order valence-corrected chi connectivity index (χ4v) is 3.91. The third kappa shape index (κ3) is 3.65. The summed E-state index contributed by atoms with van der Waals surface area (Å²) in [7, 11) is 1.77. The van der Waals surface area contributed by atoms with Crippen LogP contribution in [0.25, 0.3) is 5.69 Å². The van der Waals surface area contributed by atoms with Gasteiger partial charge in [-0.2, -0.15) is 5.10 Å². The Morgan fingerprint density at radius 1 is 1.30 bits per heavy atom. The van der Waals surface area contributed by atoms with Gasteiger partial charge < -0.3 is 4.90 Å². The van der Waals surface area contributed by atoms with E-state index in [2.05, 4.69) is 21.0 Å². The minimum absolute atomic E-state index is 0.125. The molecule has 0 radical (unpaired) electrons. The molecule has 0 aliphatic carbocycles. The molecule has 118 valence electrons. The van der Waals surface area contributed by atoms with E-state index in [0.717, 1.165) is 14.4 Å². The summed E-state index contributed by atoms with van der Waals surface area (Å²) in [6.45, 7) is 0.550. The lowest BCUT2D eigenvalue weighted by Gasteiger charge is -2.14. The molecule has 0 spiro atoms. The first kappa shape index (κ1) is 16.2. The predicted octanol–water partition coefficient (Wildman–Crippen LogP) is 4.62. The standard InChI is InChI=1S/C16H13BrClN3OS/c1-20(10-11-6-7-15(17)23-11)16(22)13-8-9-21(19-13)14-5-3-2-4-12(14)18/h2-9H,10H2,1H3. The van der Waals surface area contributed by atoms with E-state index in [9.17, 15) is 4.79 Å². The van der Waals surface area contributed by atoms with Gasteiger partial charge in [0.25, 0.3) is 5.91 Å². The number of carbonyl (C=O) groups excluding carboxylic acids is 1. The number of halogens is 2. The van der Waals surface area contributed by atoms with E-state index < -0.39 is 0 Å². The van der Waals surface area contributed by atoms with Gasteiger partial charge in [0.2, 0.25) is 0 Å². The van der Waals surface area contributed by atoms with Crippen LogP contribution in [0.15, 0.2) is 52.4 Å². The molecule has 0 saturated heterocycles. The van der Waals surface area contributed by atoms with Crippen LogP contribution in [0, 0.1) is 0 Å². The minimum atomic E-state index is -0.125. The second kappa shape index (κ2) is 6.86. The summed E-state index contributed by atoms with van der Waals surface area (Å²) in [5, 5.41) is 4.93. The molecule has 2 heterocycles. The van der Waals surface area contributed by atoms with Crippen LogP contribution in [0.1, 0.15) is 15.4 Å². The van der Waals surface area contributed by atoms with Crippen LogP contribution >= 0.6 is 38.9 Å². The molecule has 0 bridgehead atoms. The largest absolute Gasteiger partial charge is 0.335 e. The molecule has 1 aromatic carbocycles. The zero-order valence-corrected chi connectivity index (χ0v) is 15.4. The summed E-state index contributed by atoms with van der Waals surface area (Å²) < 4.78 is 2.67. The Bertz CT molecular complexity index is 845. The number of aromatic nitrogens is 2. The van der Waals surface area contributed by atoms with Gasteiger partial charge in [-0.25, -0.2) is 4.68 Å². The van der Waals surface area contributed by atoms with Crippen molar-refractivity contribution < 1.29 is 4.79 Å². The Kier molecular flexibility index (Phi) is 4.84. The minimum Gasteiger partial charge on any atom is -0.335 e. The lowest BCUT2D eigenvalue weighted by molar-refractivity contribution is 0.0780. The first-order valence-corrected chi connectivity index (χ1v) is 8.83. The van der Waals surface area contributed by atoms with Crippen LogP contribution in [-0.2, 0) is 6.54 Å². The number of carbonyl (C=O) groups is 1. The maximum absolute atomic E-state index is 12.5. The molecular formula is C16H13BrClN3OS. The number of hydrogen-bond acceptors (Lipinski definition) is 3. The average Bonchev–Trinajstić information content (AvgIpc) is 3.16. The maximum atomic E-state index is 12.5. The van der Waals surface area contributed by atoms with Crippen molar-refractivity contribution in [2.75, 3.05) is 7.05 Å². The number of nitrogens with zero attached hydrogens (tertiary/aromatic N) is 3. The van der Waals surface area contributed by atoms with Gasteiger partial charge in [-0.15, -0.1) is 11.3 Å². The van der Waals surface area contributed by atoms with Crippen molar-refractivity contribution in [3.63, 3.8) is 0 Å². The number of hydrogen-bond donors (Lipinski definition) is 0. The quantitative estimate of drug-likeness (QED) is 0.629. The second-order valence-corrected chi connectivity index (χ2v) is 7.92. The number of benzene rings is 1. The topological polar surface area (TPSA) is 38.1 Å². The summed E-state index contributed by atoms with van der Waals surface area (Å²) in [4.78, 5) is 15.3. The van der Waals surface area contributed by atoms with Gasteiger partial charge in [0.15, 0.2) is 5.69 Å². The van der Waals surface area contributed by atoms with Crippen LogP contribution in [0.5, 0.6) is 0 Å². The van der Waals surface area contributed by atoms with E-state index in [0.29, 0.717) is 17.3 Å². The maximum Gasteiger partial charge on any atom is 0.274 e. The van der Waals surface area contributed by atoms with Crippen molar-refractivity contribution in [2.45, 2.75) is 6.54 Å². The highest BCUT2D eigenvalue weighted by Crippen LogP contribution is 2.23. The first-order chi connectivity index (χ1) is 11.0. The third-order valence-corrected chi connectivity index (χ3v) is 5.20. The third-order valence-electron chi connectivity index (χ3n) is 3.28. The Hall–Kier alpha value is -1.63. The number of rotatable bonds is 4. The Morgan fingerprint density at radius 2 is 2.09 bits per heavy atom. The van der Waals surface area contributed by atoms with E-state index in [1.54, 1.807) is 46.3 Å². The molecule has 0 fully saturated rings. The molecule has 4 nitrogen and oxygen atoms in total. The molecule has 0 N–H and O–H groups in total. The van der Waals surface area contributed by atoms with Crippen molar-refractivity contribution in [3.8, 4) is 5.69 Å². The van der Waals surface area contributed by atoms with E-state index in [1.807, 2.05) is 30.3 Å². The first-order valence-electron chi connectivity index (χ1n) is 6.85. The van der Waals surface area contributed by atoms with Gasteiger partial charge in [-0.05, 0) is 46.3 Å². The Balaban J connectivity index is 1.77. The molecule has 3 aromatic rings. The van der Waals surface area contributed by atoms with E-state index >= 15 is 0 Å². The summed E-state index contributed by atoms with van der Waals surface area (Å²) in [5.74, 6) is -0.125. The highest BCUT2D eigenvalue weighted by atomic mass is 79.9. The molecule has 0 aliphatic rings. The van der Waals surface area contributed by atoms with Gasteiger partial charge in [0.1, 0.15) is 0 Å². The molecule has 0 saturated carbocycles. The van der Waals surface area contributed by atoms with Crippen molar-refractivity contribution in [1.29, 1.82) is 0 Å². The van der Waals surface area contributed by atoms with Gasteiger partial charge in [-0.3, -0.25) is 4.79 Å². The molecule has 2 aromatic heterocycles. The molecule has 7 heteroatoms. The Labute approximate surface area is 151 Å². The monoisotopic (exact) mass is 409 g/mol. The molecule has 0 unspecified atom stereocenters. The van der Waals surface area contributed by atoms with Crippen LogP contribution in [0.2, 0.25) is 5.02 Å². The molecule has 1 amide bonds. The van der Waals surface area contributed by atoms with Crippen LogP contribution < -0.4 is 0 Å². The van der Waals surface area contributed by atoms with Gasteiger partial charge in [0.05, 0.1) is 21.0 Å². The number of thiophene rings is 1. The zero-order chi connectivity index (χ0) is 16.4. The zero-order valence-electron chi connectivity index (χ0n) is 12.2. The van der Waals surface area contributed by atoms with Crippen LogP contribution in [0.3, 0.4) is 0 Å². The second-order valence-electron chi connectivity index (χ2n) is 4.96.